The van der Waals surface area contributed by atoms with Crippen molar-refractivity contribution in [1.82, 2.24) is 19.4 Å². The van der Waals surface area contributed by atoms with Gasteiger partial charge >= 0.3 is 0 Å². The second-order valence-electron chi connectivity index (χ2n) is 5.59. The predicted octanol–water partition coefficient (Wildman–Crippen LogP) is 3.31. The Hall–Kier alpha value is -2.14. The van der Waals surface area contributed by atoms with E-state index in [9.17, 15) is 0 Å². The Balaban J connectivity index is 1.94. The first-order valence-corrected chi connectivity index (χ1v) is 7.41. The van der Waals surface area contributed by atoms with Crippen LogP contribution in [0.4, 0.5) is 0 Å². The number of nitrogens with zero attached hydrogens (tertiary/aromatic N) is 4. The highest BCUT2D eigenvalue weighted by Crippen LogP contribution is 2.33. The lowest BCUT2D eigenvalue weighted by molar-refractivity contribution is 0.131. The van der Waals surface area contributed by atoms with Crippen LogP contribution >= 0.6 is 0 Å². The zero-order valence-electron chi connectivity index (χ0n) is 12.1. The predicted molar refractivity (Wildman–Crippen MR) is 80.7 cm³/mol. The monoisotopic (exact) mass is 282 g/mol. The lowest BCUT2D eigenvalue weighted by Gasteiger charge is -2.34. The fraction of sp³-hybridized carbons (Fsp3) is 0.375. The summed E-state index contributed by atoms with van der Waals surface area (Å²) >= 11 is 0. The summed E-state index contributed by atoms with van der Waals surface area (Å²) in [5.41, 5.74) is 1.85. The van der Waals surface area contributed by atoms with Gasteiger partial charge in [-0.25, -0.2) is 9.97 Å². The average molecular weight is 282 g/mol. The van der Waals surface area contributed by atoms with Crippen LogP contribution in [0.15, 0.2) is 41.1 Å². The summed E-state index contributed by atoms with van der Waals surface area (Å²) in [6, 6.07) is 7.79. The minimum absolute atomic E-state index is 0.291. The van der Waals surface area contributed by atoms with Crippen molar-refractivity contribution in [2.24, 2.45) is 0 Å². The van der Waals surface area contributed by atoms with Crippen LogP contribution in [-0.2, 0) is 0 Å². The molecule has 3 aromatic heterocycles. The highest BCUT2D eigenvalue weighted by Gasteiger charge is 2.27. The quantitative estimate of drug-likeness (QED) is 0.723. The molecular weight excluding hydrogens is 264 g/mol. The molecule has 4 rings (SSSR count). The number of fused-ring (bicyclic) bond motifs is 1. The minimum Gasteiger partial charge on any atom is -0.461 e. The average Bonchev–Trinajstić information content (AvgIpc) is 3.15. The fourth-order valence-corrected chi connectivity index (χ4v) is 3.18. The molecule has 0 aromatic carbocycles. The summed E-state index contributed by atoms with van der Waals surface area (Å²) in [4.78, 5) is 11.7. The second-order valence-corrected chi connectivity index (χ2v) is 5.59. The maximum atomic E-state index is 5.59. The molecule has 1 saturated heterocycles. The zero-order chi connectivity index (χ0) is 14.2. The van der Waals surface area contributed by atoms with E-state index < -0.39 is 0 Å². The van der Waals surface area contributed by atoms with Gasteiger partial charge in [-0.05, 0) is 57.1 Å². The van der Waals surface area contributed by atoms with Crippen molar-refractivity contribution in [2.45, 2.75) is 25.4 Å². The Bertz CT molecular complexity index is 747. The first-order chi connectivity index (χ1) is 10.3. The van der Waals surface area contributed by atoms with Gasteiger partial charge in [0.2, 0.25) is 0 Å². The maximum absolute atomic E-state index is 5.59. The number of hydrogen-bond donors (Lipinski definition) is 0. The first kappa shape index (κ1) is 12.6. The number of imidazole rings is 1. The molecule has 0 amide bonds. The number of rotatable bonds is 2. The van der Waals surface area contributed by atoms with Crippen LogP contribution in [0.2, 0.25) is 0 Å². The summed E-state index contributed by atoms with van der Waals surface area (Å²) in [7, 11) is 2.17. The third kappa shape index (κ3) is 2.05. The molecule has 1 fully saturated rings. The normalized spacial score (nSPS) is 20.1. The molecule has 5 nitrogen and oxygen atoms in total. The number of likely N-dealkylation sites (tertiary alicyclic amines) is 1. The number of furan rings is 1. The summed E-state index contributed by atoms with van der Waals surface area (Å²) in [5, 5.41) is 0. The lowest BCUT2D eigenvalue weighted by Crippen LogP contribution is -2.34. The first-order valence-electron chi connectivity index (χ1n) is 7.41. The molecule has 108 valence electrons. The second kappa shape index (κ2) is 5.00. The summed E-state index contributed by atoms with van der Waals surface area (Å²) in [6.07, 6.45) is 7.42. The molecule has 3 aromatic rings. The fourth-order valence-electron chi connectivity index (χ4n) is 3.18. The molecule has 21 heavy (non-hydrogen) atoms. The Kier molecular flexibility index (Phi) is 3.00. The van der Waals surface area contributed by atoms with Crippen molar-refractivity contribution in [3.8, 4) is 11.6 Å². The summed E-state index contributed by atoms with van der Waals surface area (Å²) in [5.74, 6) is 1.67. The summed E-state index contributed by atoms with van der Waals surface area (Å²) in [6.45, 7) is 1.11. The van der Waals surface area contributed by atoms with E-state index in [1.165, 1.54) is 12.8 Å². The molecule has 0 N–H and O–H groups in total. The number of piperidine rings is 1. The molecule has 5 heteroatoms. The molecule has 0 aliphatic carbocycles. The third-order valence-electron chi connectivity index (χ3n) is 4.22. The van der Waals surface area contributed by atoms with E-state index in [2.05, 4.69) is 21.5 Å². The number of hydrogen-bond acceptors (Lipinski definition) is 4. The van der Waals surface area contributed by atoms with E-state index in [1.54, 1.807) is 6.26 Å². The standard InChI is InChI=1S/C16H18N4O/c1-19-10-3-2-8-14(19)20-15-12(6-4-9-17-15)18-16(20)13-7-5-11-21-13/h4-7,9,11,14H,2-3,8,10H2,1H3. The molecule has 1 atom stereocenters. The largest absolute Gasteiger partial charge is 0.461 e. The third-order valence-corrected chi connectivity index (χ3v) is 4.22. The molecule has 0 bridgehead atoms. The van der Waals surface area contributed by atoms with E-state index in [4.69, 9.17) is 9.40 Å². The van der Waals surface area contributed by atoms with Gasteiger partial charge in [0, 0.05) is 6.20 Å². The van der Waals surface area contributed by atoms with Gasteiger partial charge < -0.3 is 4.42 Å². The molecule has 1 aliphatic heterocycles. The van der Waals surface area contributed by atoms with E-state index in [0.717, 1.165) is 35.7 Å². The Labute approximate surface area is 123 Å². The van der Waals surface area contributed by atoms with Crippen LogP contribution in [0.3, 0.4) is 0 Å². The van der Waals surface area contributed by atoms with E-state index in [0.29, 0.717) is 6.17 Å². The molecule has 1 aliphatic rings. The molecule has 0 radical (unpaired) electrons. The van der Waals surface area contributed by atoms with Gasteiger partial charge in [0.05, 0.1) is 12.4 Å². The van der Waals surface area contributed by atoms with Gasteiger partial charge in [-0.15, -0.1) is 0 Å². The van der Waals surface area contributed by atoms with Crippen molar-refractivity contribution >= 4 is 11.2 Å². The van der Waals surface area contributed by atoms with Crippen molar-refractivity contribution in [3.63, 3.8) is 0 Å². The number of aromatic nitrogens is 3. The molecular formula is C16H18N4O. The van der Waals surface area contributed by atoms with Crippen LogP contribution in [0.5, 0.6) is 0 Å². The van der Waals surface area contributed by atoms with Crippen LogP contribution in [0.1, 0.15) is 25.4 Å². The Morgan fingerprint density at radius 2 is 2.19 bits per heavy atom. The molecule has 0 saturated carbocycles. The molecule has 4 heterocycles. The van der Waals surface area contributed by atoms with E-state index in [-0.39, 0.29) is 0 Å². The maximum Gasteiger partial charge on any atom is 0.179 e. The van der Waals surface area contributed by atoms with Crippen LogP contribution in [0, 0.1) is 0 Å². The Morgan fingerprint density at radius 1 is 1.24 bits per heavy atom. The highest BCUT2D eigenvalue weighted by molar-refractivity contribution is 5.76. The van der Waals surface area contributed by atoms with E-state index in [1.807, 2.05) is 30.5 Å². The van der Waals surface area contributed by atoms with Crippen molar-refractivity contribution < 1.29 is 4.42 Å². The van der Waals surface area contributed by atoms with E-state index >= 15 is 0 Å². The lowest BCUT2D eigenvalue weighted by atomic mass is 10.1. The van der Waals surface area contributed by atoms with Crippen LogP contribution in [-0.4, -0.2) is 33.0 Å². The highest BCUT2D eigenvalue weighted by atomic mass is 16.3. The van der Waals surface area contributed by atoms with Crippen molar-refractivity contribution in [2.75, 3.05) is 13.6 Å². The van der Waals surface area contributed by atoms with Crippen molar-refractivity contribution in [3.05, 3.63) is 36.7 Å². The van der Waals surface area contributed by atoms with Gasteiger partial charge in [-0.3, -0.25) is 9.47 Å². The topological polar surface area (TPSA) is 47.1 Å². The Morgan fingerprint density at radius 3 is 3.00 bits per heavy atom. The van der Waals surface area contributed by atoms with Crippen LogP contribution in [0.25, 0.3) is 22.7 Å². The number of pyridine rings is 1. The van der Waals surface area contributed by atoms with Gasteiger partial charge in [0.1, 0.15) is 5.52 Å². The summed E-state index contributed by atoms with van der Waals surface area (Å²) < 4.78 is 7.82. The van der Waals surface area contributed by atoms with Gasteiger partial charge in [-0.2, -0.15) is 0 Å². The smallest absolute Gasteiger partial charge is 0.179 e. The van der Waals surface area contributed by atoms with Gasteiger partial charge in [0.15, 0.2) is 17.2 Å². The van der Waals surface area contributed by atoms with Gasteiger partial charge in [-0.1, -0.05) is 0 Å². The van der Waals surface area contributed by atoms with Crippen molar-refractivity contribution in [1.29, 1.82) is 0 Å². The molecule has 1 unspecified atom stereocenters. The van der Waals surface area contributed by atoms with Crippen LogP contribution < -0.4 is 0 Å². The zero-order valence-corrected chi connectivity index (χ0v) is 12.1. The molecule has 0 spiro atoms. The minimum atomic E-state index is 0.291. The van der Waals surface area contributed by atoms with Gasteiger partial charge in [0.25, 0.3) is 0 Å². The SMILES string of the molecule is CN1CCCCC1n1c(-c2ccco2)nc2cccnc21.